The smallest absolute Gasteiger partial charge is 0.408 e. The van der Waals surface area contributed by atoms with Crippen LogP contribution < -0.4 is 11.1 Å². The molecule has 1 rings (SSSR count). The molecular weight excluding hydrogens is 258 g/mol. The molecule has 1 atom stereocenters. The third-order valence-electron chi connectivity index (χ3n) is 2.55. The van der Waals surface area contributed by atoms with E-state index in [0.717, 1.165) is 5.56 Å². The van der Waals surface area contributed by atoms with Crippen LogP contribution in [-0.4, -0.2) is 22.7 Å². The number of nitrogens with two attached hydrogens (primary N) is 1. The zero-order chi connectivity index (χ0) is 15.3. The van der Waals surface area contributed by atoms with Crippen LogP contribution >= 0.6 is 0 Å². The van der Waals surface area contributed by atoms with Gasteiger partial charge < -0.3 is 21.0 Å². The van der Waals surface area contributed by atoms with Crippen LogP contribution in [0.5, 0.6) is 0 Å². The maximum Gasteiger partial charge on any atom is 0.408 e. The van der Waals surface area contributed by atoms with Crippen molar-refractivity contribution in [3.8, 4) is 0 Å². The molecule has 1 aromatic carbocycles. The number of amidine groups is 1. The Kier molecular flexibility index (Phi) is 4.96. The van der Waals surface area contributed by atoms with Crippen molar-refractivity contribution in [3.05, 3.63) is 35.4 Å². The van der Waals surface area contributed by atoms with Gasteiger partial charge in [0.25, 0.3) is 0 Å². The first-order valence-electron chi connectivity index (χ1n) is 6.30. The minimum Gasteiger partial charge on any atom is -0.444 e. The van der Waals surface area contributed by atoms with Crippen molar-refractivity contribution in [2.24, 2.45) is 10.9 Å². The quantitative estimate of drug-likeness (QED) is 0.342. The molecule has 0 bridgehead atoms. The van der Waals surface area contributed by atoms with Gasteiger partial charge in [0.2, 0.25) is 0 Å². The SMILES string of the molecule is C[C@H](NC(=O)OC(C)(C)C)c1ccc(/C(N)=N/O)cc1. The van der Waals surface area contributed by atoms with Gasteiger partial charge in [0.1, 0.15) is 5.60 Å². The summed E-state index contributed by atoms with van der Waals surface area (Å²) >= 11 is 0. The first-order chi connectivity index (χ1) is 9.23. The van der Waals surface area contributed by atoms with Crippen molar-refractivity contribution in [2.75, 3.05) is 0 Å². The van der Waals surface area contributed by atoms with Crippen LogP contribution in [0.2, 0.25) is 0 Å². The van der Waals surface area contributed by atoms with Crippen molar-refractivity contribution in [3.63, 3.8) is 0 Å². The third-order valence-corrected chi connectivity index (χ3v) is 2.55. The number of ether oxygens (including phenoxy) is 1. The van der Waals surface area contributed by atoms with Gasteiger partial charge in [-0.3, -0.25) is 0 Å². The molecule has 20 heavy (non-hydrogen) atoms. The van der Waals surface area contributed by atoms with E-state index in [1.54, 1.807) is 24.3 Å². The van der Waals surface area contributed by atoms with Crippen LogP contribution in [0.1, 0.15) is 44.9 Å². The zero-order valence-corrected chi connectivity index (χ0v) is 12.2. The Labute approximate surface area is 118 Å². The highest BCUT2D eigenvalue weighted by molar-refractivity contribution is 5.96. The monoisotopic (exact) mass is 279 g/mol. The molecule has 0 saturated carbocycles. The molecular formula is C14H21N3O3. The van der Waals surface area contributed by atoms with E-state index >= 15 is 0 Å². The van der Waals surface area contributed by atoms with Crippen LogP contribution in [0.15, 0.2) is 29.4 Å². The summed E-state index contributed by atoms with van der Waals surface area (Å²) in [6.45, 7) is 7.28. The minimum atomic E-state index is -0.528. The Morgan fingerprint density at radius 1 is 1.35 bits per heavy atom. The summed E-state index contributed by atoms with van der Waals surface area (Å²) in [5, 5.41) is 14.3. The fourth-order valence-electron chi connectivity index (χ4n) is 1.57. The summed E-state index contributed by atoms with van der Waals surface area (Å²) in [6.07, 6.45) is -0.467. The van der Waals surface area contributed by atoms with Crippen molar-refractivity contribution in [1.29, 1.82) is 0 Å². The molecule has 0 aliphatic carbocycles. The number of amides is 1. The van der Waals surface area contributed by atoms with E-state index < -0.39 is 11.7 Å². The number of nitrogens with one attached hydrogen (secondary N) is 1. The van der Waals surface area contributed by atoms with Crippen molar-refractivity contribution < 1.29 is 14.7 Å². The highest BCUT2D eigenvalue weighted by atomic mass is 16.6. The van der Waals surface area contributed by atoms with Gasteiger partial charge in [-0.25, -0.2) is 4.79 Å². The molecule has 110 valence electrons. The van der Waals surface area contributed by atoms with Gasteiger partial charge in [0, 0.05) is 5.56 Å². The normalized spacial score (nSPS) is 13.7. The maximum absolute atomic E-state index is 11.7. The molecule has 6 nitrogen and oxygen atoms in total. The highest BCUT2D eigenvalue weighted by Gasteiger charge is 2.18. The molecule has 0 heterocycles. The van der Waals surface area contributed by atoms with Crippen LogP contribution in [0, 0.1) is 0 Å². The summed E-state index contributed by atoms with van der Waals surface area (Å²) < 4.78 is 5.19. The summed E-state index contributed by atoms with van der Waals surface area (Å²) in [6, 6.07) is 6.84. The van der Waals surface area contributed by atoms with E-state index in [9.17, 15) is 4.79 Å². The van der Waals surface area contributed by atoms with Gasteiger partial charge >= 0.3 is 6.09 Å². The molecule has 0 radical (unpaired) electrons. The van der Waals surface area contributed by atoms with E-state index in [2.05, 4.69) is 10.5 Å². The van der Waals surface area contributed by atoms with Crippen molar-refractivity contribution in [1.82, 2.24) is 5.32 Å². The average molecular weight is 279 g/mol. The second-order valence-electron chi connectivity index (χ2n) is 5.48. The number of benzene rings is 1. The Morgan fingerprint density at radius 3 is 2.35 bits per heavy atom. The van der Waals surface area contributed by atoms with Gasteiger partial charge in [0.15, 0.2) is 5.84 Å². The minimum absolute atomic E-state index is 0.0457. The van der Waals surface area contributed by atoms with E-state index in [-0.39, 0.29) is 11.9 Å². The lowest BCUT2D eigenvalue weighted by atomic mass is 10.1. The number of nitrogens with zero attached hydrogens (tertiary/aromatic N) is 1. The number of rotatable bonds is 3. The molecule has 0 fully saturated rings. The number of alkyl carbamates (subject to hydrolysis) is 1. The molecule has 0 spiro atoms. The van der Waals surface area contributed by atoms with Gasteiger partial charge in [0.05, 0.1) is 6.04 Å². The Morgan fingerprint density at radius 2 is 1.90 bits per heavy atom. The van der Waals surface area contributed by atoms with Crippen LogP contribution in [0.3, 0.4) is 0 Å². The maximum atomic E-state index is 11.7. The number of hydrogen-bond acceptors (Lipinski definition) is 4. The second kappa shape index (κ2) is 6.27. The molecule has 1 amide bonds. The van der Waals surface area contributed by atoms with Crippen LogP contribution in [0.25, 0.3) is 0 Å². The lowest BCUT2D eigenvalue weighted by Crippen LogP contribution is -2.34. The van der Waals surface area contributed by atoms with E-state index in [1.807, 2.05) is 27.7 Å². The van der Waals surface area contributed by atoms with E-state index in [4.69, 9.17) is 15.7 Å². The van der Waals surface area contributed by atoms with E-state index in [0.29, 0.717) is 5.56 Å². The van der Waals surface area contributed by atoms with Crippen molar-refractivity contribution in [2.45, 2.75) is 39.3 Å². The first kappa shape index (κ1) is 15.8. The molecule has 0 aliphatic rings. The van der Waals surface area contributed by atoms with Crippen molar-refractivity contribution >= 4 is 11.9 Å². The summed E-state index contributed by atoms with van der Waals surface area (Å²) in [5.74, 6) is 0.0457. The zero-order valence-electron chi connectivity index (χ0n) is 12.2. The number of carbonyl (C=O) groups is 1. The topological polar surface area (TPSA) is 96.9 Å². The highest BCUT2D eigenvalue weighted by Crippen LogP contribution is 2.15. The molecule has 0 aliphatic heterocycles. The fraction of sp³-hybridized carbons (Fsp3) is 0.429. The third kappa shape index (κ3) is 4.79. The average Bonchev–Trinajstić information content (AvgIpc) is 2.35. The fourth-order valence-corrected chi connectivity index (χ4v) is 1.57. The molecule has 0 aromatic heterocycles. The largest absolute Gasteiger partial charge is 0.444 e. The summed E-state index contributed by atoms with van der Waals surface area (Å²) in [5.41, 5.74) is 6.46. The number of hydrogen-bond donors (Lipinski definition) is 3. The molecule has 4 N–H and O–H groups in total. The number of carbonyl (C=O) groups excluding carboxylic acids is 1. The van der Waals surface area contributed by atoms with E-state index in [1.165, 1.54) is 0 Å². The lowest BCUT2D eigenvalue weighted by Gasteiger charge is -2.22. The molecule has 1 aromatic rings. The predicted molar refractivity (Wildman–Crippen MR) is 76.7 cm³/mol. The number of oxime groups is 1. The summed E-state index contributed by atoms with van der Waals surface area (Å²) in [4.78, 5) is 11.7. The van der Waals surface area contributed by atoms with Gasteiger partial charge in [-0.15, -0.1) is 0 Å². The Hall–Kier alpha value is -2.24. The standard InChI is InChI=1S/C14H21N3O3/c1-9(16-13(18)20-14(2,3)4)10-5-7-11(8-6-10)12(15)17-19/h5-9,19H,1-4H3,(H2,15,17)(H,16,18)/t9-/m0/s1. The molecule has 6 heteroatoms. The van der Waals surface area contributed by atoms with Gasteiger partial charge in [-0.05, 0) is 33.3 Å². The van der Waals surface area contributed by atoms with Gasteiger partial charge in [-0.1, -0.05) is 29.4 Å². The predicted octanol–water partition coefficient (Wildman–Crippen LogP) is 2.37. The van der Waals surface area contributed by atoms with Crippen LogP contribution in [0.4, 0.5) is 4.79 Å². The molecule has 0 saturated heterocycles. The van der Waals surface area contributed by atoms with Crippen LogP contribution in [-0.2, 0) is 4.74 Å². The Balaban J connectivity index is 2.69. The molecule has 0 unspecified atom stereocenters. The summed E-state index contributed by atoms with van der Waals surface area (Å²) in [7, 11) is 0. The second-order valence-corrected chi connectivity index (χ2v) is 5.48. The lowest BCUT2D eigenvalue weighted by molar-refractivity contribution is 0.0508. The Bertz CT molecular complexity index is 489. The van der Waals surface area contributed by atoms with Gasteiger partial charge in [-0.2, -0.15) is 0 Å². The first-order valence-corrected chi connectivity index (χ1v) is 6.30.